The highest BCUT2D eigenvalue weighted by Crippen LogP contribution is 2.36. The Hall–Kier alpha value is -3.30. The molecule has 160 valence electrons. The molecule has 9 heteroatoms. The van der Waals surface area contributed by atoms with Crippen LogP contribution in [0.1, 0.15) is 28.3 Å². The second kappa shape index (κ2) is 8.09. The van der Waals surface area contributed by atoms with Gasteiger partial charge in [-0.1, -0.05) is 30.3 Å². The maximum absolute atomic E-state index is 13.2. The molecule has 1 saturated heterocycles. The molecule has 1 amide bonds. The van der Waals surface area contributed by atoms with Gasteiger partial charge in [-0.2, -0.15) is 0 Å². The molecule has 31 heavy (non-hydrogen) atoms. The molecule has 2 aromatic carbocycles. The minimum atomic E-state index is -4.01. The van der Waals surface area contributed by atoms with Gasteiger partial charge < -0.3 is 9.15 Å². The zero-order valence-corrected chi connectivity index (χ0v) is 17.8. The van der Waals surface area contributed by atoms with Crippen LogP contribution in [0.5, 0.6) is 0 Å². The number of hydrogen-bond acceptors (Lipinski definition) is 7. The highest BCUT2D eigenvalue weighted by Gasteiger charge is 2.50. The van der Waals surface area contributed by atoms with E-state index >= 15 is 0 Å². The minimum Gasteiger partial charge on any atom is -0.453 e. The summed E-state index contributed by atoms with van der Waals surface area (Å²) in [6, 6.07) is 15.0. The number of furan rings is 1. The molecule has 4 rings (SSSR count). The normalized spacial score (nSPS) is 19.4. The molecule has 1 aliphatic heterocycles. The van der Waals surface area contributed by atoms with Crippen LogP contribution in [0.2, 0.25) is 0 Å². The number of benzene rings is 2. The van der Waals surface area contributed by atoms with Crippen LogP contribution in [0.3, 0.4) is 0 Å². The average molecular weight is 440 g/mol. The number of carbonyl (C=O) groups is 2. The van der Waals surface area contributed by atoms with Crippen molar-refractivity contribution in [2.45, 2.75) is 12.2 Å². The summed E-state index contributed by atoms with van der Waals surface area (Å²) in [5.74, 6) is -0.672. The van der Waals surface area contributed by atoms with E-state index in [1.54, 1.807) is 54.6 Å². The van der Waals surface area contributed by atoms with Gasteiger partial charge in [0.1, 0.15) is 11.3 Å². The number of rotatable bonds is 6. The molecule has 0 bridgehead atoms. The first-order valence-corrected chi connectivity index (χ1v) is 11.1. The number of hydrogen-bond donors (Lipinski definition) is 0. The monoisotopic (exact) mass is 440 g/mol. The number of aliphatic imine (C=N–C) groups is 1. The highest BCUT2D eigenvalue weighted by atomic mass is 32.2. The number of Topliss-reactive ketones (excluding diaryl/α,β-unsaturated/α-hetero) is 1. The van der Waals surface area contributed by atoms with Crippen molar-refractivity contribution in [1.29, 1.82) is 0 Å². The van der Waals surface area contributed by atoms with Crippen molar-refractivity contribution in [3.05, 3.63) is 65.9 Å². The Kier molecular flexibility index (Phi) is 5.47. The van der Waals surface area contributed by atoms with Gasteiger partial charge in [0.2, 0.25) is 0 Å². The van der Waals surface area contributed by atoms with Crippen molar-refractivity contribution in [2.75, 3.05) is 20.3 Å². The lowest BCUT2D eigenvalue weighted by atomic mass is 10.1. The standard InChI is InChI=1S/C22H20N2O6S/c1-14(25)19-13-16-12-17(8-9-18(16)30-19)23-20-21(15-6-4-3-5-7-15)31(27,28)24(22(20)26)10-11-29-2/h3-9,12-13,21H,10-11H2,1-2H3. The third-order valence-corrected chi connectivity index (χ3v) is 7.05. The molecule has 2 heterocycles. The first-order chi connectivity index (χ1) is 14.8. The van der Waals surface area contributed by atoms with Crippen molar-refractivity contribution in [3.8, 4) is 0 Å². The Balaban J connectivity index is 1.83. The zero-order valence-electron chi connectivity index (χ0n) is 16.9. The molecule has 1 unspecified atom stereocenters. The van der Waals surface area contributed by atoms with Crippen LogP contribution in [-0.2, 0) is 19.6 Å². The van der Waals surface area contributed by atoms with E-state index in [4.69, 9.17) is 9.15 Å². The topological polar surface area (TPSA) is 106 Å². The first-order valence-electron chi connectivity index (χ1n) is 9.56. The van der Waals surface area contributed by atoms with Crippen LogP contribution in [0.25, 0.3) is 11.0 Å². The van der Waals surface area contributed by atoms with Crippen LogP contribution in [0.4, 0.5) is 5.69 Å². The van der Waals surface area contributed by atoms with Crippen LogP contribution in [0, 0.1) is 0 Å². The molecule has 0 N–H and O–H groups in total. The number of ether oxygens (including phenoxy) is 1. The summed E-state index contributed by atoms with van der Waals surface area (Å²) in [7, 11) is -2.57. The largest absolute Gasteiger partial charge is 0.453 e. The van der Waals surface area contributed by atoms with Gasteiger partial charge in [-0.05, 0) is 29.8 Å². The van der Waals surface area contributed by atoms with Crippen molar-refractivity contribution in [3.63, 3.8) is 0 Å². The Labute approximate surface area is 179 Å². The van der Waals surface area contributed by atoms with Gasteiger partial charge in [0, 0.05) is 19.4 Å². The van der Waals surface area contributed by atoms with Gasteiger partial charge in [-0.15, -0.1) is 0 Å². The third-order valence-electron chi connectivity index (χ3n) is 5.00. The lowest BCUT2D eigenvalue weighted by molar-refractivity contribution is -0.119. The maximum Gasteiger partial charge on any atom is 0.283 e. The Morgan fingerprint density at radius 1 is 1.16 bits per heavy atom. The van der Waals surface area contributed by atoms with Crippen molar-refractivity contribution in [2.24, 2.45) is 4.99 Å². The number of sulfonamides is 1. The molecule has 8 nitrogen and oxygen atoms in total. The lowest BCUT2D eigenvalue weighted by Crippen LogP contribution is -2.33. The van der Waals surface area contributed by atoms with E-state index in [0.717, 1.165) is 4.31 Å². The molecule has 1 atom stereocenters. The van der Waals surface area contributed by atoms with E-state index < -0.39 is 21.2 Å². The van der Waals surface area contributed by atoms with Gasteiger partial charge in [0.05, 0.1) is 18.8 Å². The van der Waals surface area contributed by atoms with E-state index in [9.17, 15) is 18.0 Å². The second-order valence-corrected chi connectivity index (χ2v) is 9.03. The van der Waals surface area contributed by atoms with Crippen molar-refractivity contribution >= 4 is 44.1 Å². The molecule has 1 fully saturated rings. The Morgan fingerprint density at radius 3 is 2.58 bits per heavy atom. The van der Waals surface area contributed by atoms with Gasteiger partial charge in [0.25, 0.3) is 15.9 Å². The van der Waals surface area contributed by atoms with Gasteiger partial charge in [0.15, 0.2) is 16.8 Å². The fourth-order valence-corrected chi connectivity index (χ4v) is 5.35. The number of amides is 1. The fourth-order valence-electron chi connectivity index (χ4n) is 3.50. The van der Waals surface area contributed by atoms with E-state index in [-0.39, 0.29) is 30.4 Å². The second-order valence-electron chi connectivity index (χ2n) is 7.09. The smallest absolute Gasteiger partial charge is 0.283 e. The lowest BCUT2D eigenvalue weighted by Gasteiger charge is -2.15. The highest BCUT2D eigenvalue weighted by molar-refractivity contribution is 7.91. The Morgan fingerprint density at radius 2 is 1.90 bits per heavy atom. The molecule has 1 aliphatic rings. The summed E-state index contributed by atoms with van der Waals surface area (Å²) in [5.41, 5.74) is 1.26. The average Bonchev–Trinajstić information content (AvgIpc) is 3.24. The van der Waals surface area contributed by atoms with E-state index in [0.29, 0.717) is 22.2 Å². The third kappa shape index (κ3) is 3.77. The van der Waals surface area contributed by atoms with Gasteiger partial charge in [-0.25, -0.2) is 17.7 Å². The van der Waals surface area contributed by atoms with Crippen molar-refractivity contribution < 1.29 is 27.2 Å². The maximum atomic E-state index is 13.2. The molecular formula is C22H20N2O6S. The number of nitrogens with zero attached hydrogens (tertiary/aromatic N) is 2. The number of carbonyl (C=O) groups excluding carboxylic acids is 2. The van der Waals surface area contributed by atoms with E-state index in [2.05, 4.69) is 4.99 Å². The van der Waals surface area contributed by atoms with Crippen LogP contribution >= 0.6 is 0 Å². The summed E-state index contributed by atoms with van der Waals surface area (Å²) >= 11 is 0. The molecule has 1 aromatic heterocycles. The van der Waals surface area contributed by atoms with Crippen molar-refractivity contribution in [1.82, 2.24) is 4.31 Å². The van der Waals surface area contributed by atoms with Gasteiger partial charge >= 0.3 is 0 Å². The first kappa shape index (κ1) is 21.0. The van der Waals surface area contributed by atoms with Crippen LogP contribution < -0.4 is 0 Å². The van der Waals surface area contributed by atoms with Crippen LogP contribution in [-0.4, -0.2) is 50.4 Å². The summed E-state index contributed by atoms with van der Waals surface area (Å²) in [5, 5.41) is -0.585. The SMILES string of the molecule is COCCN1C(=O)C(=Nc2ccc3oc(C(C)=O)cc3c2)C(c2ccccc2)S1(=O)=O. The number of ketones is 1. The van der Waals surface area contributed by atoms with E-state index in [1.807, 2.05) is 0 Å². The fraction of sp³-hybridized carbons (Fsp3) is 0.227. The molecular weight excluding hydrogens is 420 g/mol. The summed E-state index contributed by atoms with van der Waals surface area (Å²) in [6.07, 6.45) is 0. The molecule has 0 spiro atoms. The van der Waals surface area contributed by atoms with E-state index in [1.165, 1.54) is 14.0 Å². The number of fused-ring (bicyclic) bond motifs is 1. The van der Waals surface area contributed by atoms with Gasteiger partial charge in [-0.3, -0.25) is 9.59 Å². The predicted molar refractivity (Wildman–Crippen MR) is 115 cm³/mol. The summed E-state index contributed by atoms with van der Waals surface area (Å²) in [6.45, 7) is 1.39. The van der Waals surface area contributed by atoms with Crippen LogP contribution in [0.15, 0.2) is 64.0 Å². The predicted octanol–water partition coefficient (Wildman–Crippen LogP) is 3.27. The molecule has 0 radical (unpaired) electrons. The molecule has 0 aliphatic carbocycles. The molecule has 0 saturated carbocycles. The Bertz CT molecular complexity index is 1290. The number of methoxy groups -OCH3 is 1. The summed E-state index contributed by atoms with van der Waals surface area (Å²) < 4.78 is 37.7. The quantitative estimate of drug-likeness (QED) is 0.545. The minimum absolute atomic E-state index is 0.0779. The molecule has 3 aromatic rings. The summed E-state index contributed by atoms with van der Waals surface area (Å²) in [4.78, 5) is 29.1. The zero-order chi connectivity index (χ0) is 22.2.